The summed E-state index contributed by atoms with van der Waals surface area (Å²) in [6.07, 6.45) is 0. The molecule has 0 atom stereocenters. The summed E-state index contributed by atoms with van der Waals surface area (Å²) in [6, 6.07) is 0. The zero-order valence-electron chi connectivity index (χ0n) is 10.4. The molecule has 0 fully saturated rings. The van der Waals surface area contributed by atoms with Gasteiger partial charge < -0.3 is 45.8 Å². The number of halogens is 1. The van der Waals surface area contributed by atoms with E-state index in [0.29, 0.717) is 0 Å². The van der Waals surface area contributed by atoms with Gasteiger partial charge in [0, 0.05) is 0 Å². The van der Waals surface area contributed by atoms with Crippen LogP contribution in [0.4, 0.5) is 0 Å². The Hall–Kier alpha value is -0.624. The fourth-order valence-corrected chi connectivity index (χ4v) is 0.0873. The molecular formula is C5H18ClCoN5O8-3. The van der Waals surface area contributed by atoms with Crippen LogP contribution < -0.4 is 19.1 Å². The van der Waals surface area contributed by atoms with Gasteiger partial charge in [0.15, 0.2) is 0 Å². The number of hydrogen-bond donors (Lipinski definition) is 2. The van der Waals surface area contributed by atoms with E-state index in [1.165, 1.54) is 0 Å². The molecule has 13 nitrogen and oxygen atoms in total. The second-order valence-corrected chi connectivity index (χ2v) is 3.41. The van der Waals surface area contributed by atoms with E-state index in [2.05, 4.69) is 0 Å². The largest absolute Gasteiger partial charge is 3.00 e. The van der Waals surface area contributed by atoms with Gasteiger partial charge in [-0.2, -0.15) is 14.0 Å². The van der Waals surface area contributed by atoms with Crippen LogP contribution in [0, 0.1) is 15.7 Å². The molecule has 0 rings (SSSR count). The van der Waals surface area contributed by atoms with E-state index in [0.717, 1.165) is 13.8 Å². The van der Waals surface area contributed by atoms with E-state index in [-0.39, 0.29) is 47.5 Å². The molecule has 0 aliphatic carbocycles. The molecule has 0 amide bonds. The first kappa shape index (κ1) is 50.6. The van der Waals surface area contributed by atoms with Gasteiger partial charge in [0.05, 0.1) is 20.9 Å². The minimum Gasteiger partial charge on any atom is -0.693 e. The number of carbonyl (C=O) groups excluding carboxylic acids is 1. The molecule has 15 heteroatoms. The van der Waals surface area contributed by atoms with E-state index in [4.69, 9.17) is 23.7 Å². The number of rotatable bonds is 2. The third kappa shape index (κ3) is 36.0. The summed E-state index contributed by atoms with van der Waals surface area (Å²) in [5, 5.41) is 18.2. The second-order valence-electron chi connectivity index (χ2n) is 2.61. The zero-order valence-corrected chi connectivity index (χ0v) is 12.2. The van der Waals surface area contributed by atoms with Crippen LogP contribution in [0.3, 0.4) is 0 Å². The van der Waals surface area contributed by atoms with Crippen LogP contribution in [0.5, 0.6) is 0 Å². The van der Waals surface area contributed by atoms with Crippen molar-refractivity contribution >= 4 is 11.9 Å². The van der Waals surface area contributed by atoms with Gasteiger partial charge in [0.25, 0.3) is 0 Å². The van der Waals surface area contributed by atoms with Crippen LogP contribution in [0.25, 0.3) is 30.8 Å². The smallest absolute Gasteiger partial charge is 0.693 e. The molecule has 0 saturated heterocycles. The molecule has 0 aromatic carbocycles. The fourth-order valence-electron chi connectivity index (χ4n) is 0.0873. The van der Waals surface area contributed by atoms with Gasteiger partial charge in [0.2, 0.25) is 0 Å². The molecule has 130 valence electrons. The number of carbonyl (C=O) groups is 2. The van der Waals surface area contributed by atoms with Gasteiger partial charge in [-0.15, -0.1) is 0 Å². The van der Waals surface area contributed by atoms with Gasteiger partial charge in [-0.25, -0.2) is 0 Å². The number of carboxylic acids is 2. The van der Waals surface area contributed by atoms with Crippen molar-refractivity contribution in [3.63, 3.8) is 0 Å². The molecule has 0 heterocycles. The Morgan fingerprint density at radius 1 is 0.950 bits per heavy atom. The van der Waals surface area contributed by atoms with Crippen molar-refractivity contribution in [1.29, 1.82) is 0 Å². The first-order valence-corrected chi connectivity index (χ1v) is 4.23. The molecule has 0 unspecified atom stereocenters. The van der Waals surface area contributed by atoms with Crippen LogP contribution in [0.1, 0.15) is 13.8 Å². The van der Waals surface area contributed by atoms with Crippen molar-refractivity contribution in [2.24, 2.45) is 5.41 Å². The van der Waals surface area contributed by atoms with Gasteiger partial charge in [-0.05, 0) is 13.8 Å². The summed E-state index contributed by atoms with van der Waals surface area (Å²) in [5.74, 6) is -2.96. The average molecular weight is 371 g/mol. The predicted octanol–water partition coefficient (Wildman–Crippen LogP) is -1.69. The van der Waals surface area contributed by atoms with E-state index in [1.807, 2.05) is 0 Å². The van der Waals surface area contributed by atoms with Crippen LogP contribution in [-0.4, -0.2) is 21.7 Å². The molecule has 0 aromatic rings. The maximum Gasteiger partial charge on any atom is 3.00 e. The van der Waals surface area contributed by atoms with E-state index in [1.54, 1.807) is 0 Å². The standard InChI is InChI=1S/C5H8O4.ClHO4.Co.5H2N/c1-5(2,3(6)7)4(8)9;2-1(3,4)5;;;;;;/h1-2H3,(H,6,7)(H,8,9);(H,2,3,4,5);;5*1H2/q;;+3;5*-1/p-1. The molecule has 0 radical (unpaired) electrons. The van der Waals surface area contributed by atoms with Crippen molar-refractivity contribution in [2.45, 2.75) is 13.8 Å². The average Bonchev–Trinajstić information content (AvgIpc) is 1.82. The molecule has 0 aliphatic heterocycles. The van der Waals surface area contributed by atoms with E-state index < -0.39 is 27.6 Å². The van der Waals surface area contributed by atoms with E-state index >= 15 is 0 Å². The molecule has 0 aromatic heterocycles. The molecule has 0 bridgehead atoms. The Morgan fingerprint density at radius 3 is 1.10 bits per heavy atom. The minimum absolute atomic E-state index is 0. The van der Waals surface area contributed by atoms with Crippen molar-refractivity contribution in [3.05, 3.63) is 30.8 Å². The third-order valence-corrected chi connectivity index (χ3v) is 1.04. The first-order chi connectivity index (χ1) is 5.89. The van der Waals surface area contributed by atoms with Gasteiger partial charge in [0.1, 0.15) is 5.41 Å². The quantitative estimate of drug-likeness (QED) is 0.525. The maximum atomic E-state index is 10.0. The van der Waals surface area contributed by atoms with Crippen molar-refractivity contribution < 1.29 is 65.5 Å². The van der Waals surface area contributed by atoms with Gasteiger partial charge >= 0.3 is 22.7 Å². The molecule has 0 aliphatic rings. The zero-order chi connectivity index (χ0) is 12.2. The van der Waals surface area contributed by atoms with Gasteiger partial charge in [-0.1, -0.05) is 0 Å². The third-order valence-electron chi connectivity index (χ3n) is 1.04. The first-order valence-electron chi connectivity index (χ1n) is 2.97. The summed E-state index contributed by atoms with van der Waals surface area (Å²) in [5.41, 5.74) is -1.78. The minimum atomic E-state index is -4.69. The Morgan fingerprint density at radius 2 is 1.10 bits per heavy atom. The summed E-state index contributed by atoms with van der Waals surface area (Å²) in [6.45, 7) is 2.15. The Balaban J connectivity index is -0.0000000199. The van der Waals surface area contributed by atoms with Crippen LogP contribution in [0.2, 0.25) is 0 Å². The molecular weight excluding hydrogens is 352 g/mol. The van der Waals surface area contributed by atoms with Gasteiger partial charge in [-0.3, -0.25) is 4.79 Å². The summed E-state index contributed by atoms with van der Waals surface area (Å²) < 4.78 is 32.7. The second kappa shape index (κ2) is 18.4. The van der Waals surface area contributed by atoms with Crippen molar-refractivity contribution in [2.75, 3.05) is 0 Å². The number of carboxylic acid groups (broad SMARTS) is 2. The normalized spacial score (nSPS) is 7.90. The molecule has 0 spiro atoms. The topological polar surface area (TPSA) is 334 Å². The number of aliphatic carboxylic acids is 2. The molecule has 12 N–H and O–H groups in total. The predicted molar refractivity (Wildman–Crippen MR) is 55.1 cm³/mol. The van der Waals surface area contributed by atoms with Crippen LogP contribution >= 0.6 is 0 Å². The Bertz CT molecular complexity index is 216. The molecule has 20 heavy (non-hydrogen) atoms. The fraction of sp³-hybridized carbons (Fsp3) is 0.600. The monoisotopic (exact) mass is 370 g/mol. The number of nitrogens with two attached hydrogens (primary N) is 5. The van der Waals surface area contributed by atoms with Crippen molar-refractivity contribution in [1.82, 2.24) is 0 Å². The van der Waals surface area contributed by atoms with E-state index in [9.17, 15) is 14.7 Å². The molecule has 0 saturated carbocycles. The van der Waals surface area contributed by atoms with Crippen LogP contribution in [-0.2, 0) is 26.4 Å². The van der Waals surface area contributed by atoms with Crippen LogP contribution in [0.15, 0.2) is 0 Å². The summed E-state index contributed by atoms with van der Waals surface area (Å²) >= 11 is 0. The maximum absolute atomic E-state index is 10.0. The summed E-state index contributed by atoms with van der Waals surface area (Å²) in [7, 11) is -4.69. The SMILES string of the molecule is CC(C)(C(=O)[O-])C(=O)O.[Co+3].[NH2-].[NH2-].[NH2-].[NH2-].[NH2-].[O-][Cl+3]([O-])([O-])O. The Kier molecular flexibility index (Phi) is 46.5. The Labute approximate surface area is 128 Å². The van der Waals surface area contributed by atoms with Crippen molar-refractivity contribution in [3.8, 4) is 0 Å². The number of hydrogen-bond acceptors (Lipinski definition) is 7. The summed E-state index contributed by atoms with van der Waals surface area (Å²) in [4.78, 5) is 20.0.